The normalized spacial score (nSPS) is 34.7. The maximum Gasteiger partial charge on any atom is 0.244 e. The molecule has 2 aliphatic heterocycles. The number of rotatable bonds is 3. The van der Waals surface area contributed by atoms with Gasteiger partial charge in [-0.15, -0.1) is 0 Å². The van der Waals surface area contributed by atoms with Gasteiger partial charge in [-0.05, 0) is 20.5 Å². The van der Waals surface area contributed by atoms with Gasteiger partial charge in [-0.2, -0.15) is 0 Å². The van der Waals surface area contributed by atoms with Gasteiger partial charge in [0, 0.05) is 19.1 Å². The number of likely N-dealkylation sites (tertiary alicyclic amines) is 1. The minimum atomic E-state index is -0.400. The fourth-order valence-electron chi connectivity index (χ4n) is 2.71. The maximum absolute atomic E-state index is 11.6. The lowest BCUT2D eigenvalue weighted by Crippen LogP contribution is -2.47. The third kappa shape index (κ3) is 2.65. The Hall–Kier alpha value is -0.980. The first kappa shape index (κ1) is 12.5. The van der Waals surface area contributed by atoms with Crippen molar-refractivity contribution in [1.29, 1.82) is 0 Å². The van der Waals surface area contributed by atoms with Gasteiger partial charge in [0.1, 0.15) is 0 Å². The molecule has 2 heterocycles. The number of likely N-dealkylation sites (N-methyl/N-ethyl adjacent to an activating group) is 1. The fraction of sp³-hybridized carbons (Fsp3) is 0.818. The first-order chi connectivity index (χ1) is 7.97. The predicted molar refractivity (Wildman–Crippen MR) is 61.2 cm³/mol. The molecule has 2 rings (SSSR count). The highest BCUT2D eigenvalue weighted by Crippen LogP contribution is 2.24. The second-order valence-electron chi connectivity index (χ2n) is 5.13. The molecule has 0 aromatic rings. The van der Waals surface area contributed by atoms with E-state index in [0.717, 1.165) is 6.54 Å². The van der Waals surface area contributed by atoms with E-state index in [2.05, 4.69) is 5.32 Å². The average Bonchev–Trinajstić information content (AvgIpc) is 2.69. The summed E-state index contributed by atoms with van der Waals surface area (Å²) in [5.41, 5.74) is 0. The molecular formula is C11H19N3O3. The van der Waals surface area contributed by atoms with Crippen LogP contribution < -0.4 is 5.32 Å². The van der Waals surface area contributed by atoms with Crippen molar-refractivity contribution in [3.8, 4) is 0 Å². The maximum atomic E-state index is 11.6. The van der Waals surface area contributed by atoms with Gasteiger partial charge in [0.05, 0.1) is 18.6 Å². The molecule has 0 radical (unpaired) electrons. The summed E-state index contributed by atoms with van der Waals surface area (Å²) in [5.74, 6) is -0.446. The third-order valence-corrected chi connectivity index (χ3v) is 3.35. The van der Waals surface area contributed by atoms with E-state index in [-0.39, 0.29) is 24.3 Å². The van der Waals surface area contributed by atoms with Crippen molar-refractivity contribution in [2.24, 2.45) is 0 Å². The summed E-state index contributed by atoms with van der Waals surface area (Å²) in [5, 5.41) is 12.0. The van der Waals surface area contributed by atoms with E-state index >= 15 is 0 Å². The van der Waals surface area contributed by atoms with E-state index in [1.165, 1.54) is 0 Å². The standard InChI is InChI=1S/C11H19N3O3/c1-13(2)5-7-3-8(15)6-14(7)9-4-10(16)12-11(9)17/h7-9,15H,3-6H2,1-2H3,(H,12,16,17). The SMILES string of the molecule is CN(C)CC1CC(O)CN1C1CC(=O)NC1=O. The van der Waals surface area contributed by atoms with Crippen molar-refractivity contribution in [2.75, 3.05) is 27.2 Å². The molecule has 96 valence electrons. The van der Waals surface area contributed by atoms with Crippen LogP contribution in [-0.2, 0) is 9.59 Å². The quantitative estimate of drug-likeness (QED) is 0.582. The van der Waals surface area contributed by atoms with Gasteiger partial charge >= 0.3 is 0 Å². The number of imide groups is 1. The molecule has 2 N–H and O–H groups in total. The van der Waals surface area contributed by atoms with E-state index in [9.17, 15) is 14.7 Å². The van der Waals surface area contributed by atoms with Crippen molar-refractivity contribution >= 4 is 11.8 Å². The highest BCUT2D eigenvalue weighted by molar-refractivity contribution is 6.05. The Morgan fingerprint density at radius 2 is 2.18 bits per heavy atom. The molecule has 3 atom stereocenters. The summed E-state index contributed by atoms with van der Waals surface area (Å²) in [4.78, 5) is 26.8. The smallest absolute Gasteiger partial charge is 0.244 e. The largest absolute Gasteiger partial charge is 0.392 e. The number of nitrogens with one attached hydrogen (secondary N) is 1. The van der Waals surface area contributed by atoms with Crippen LogP contribution in [0.5, 0.6) is 0 Å². The second-order valence-corrected chi connectivity index (χ2v) is 5.13. The molecule has 17 heavy (non-hydrogen) atoms. The highest BCUT2D eigenvalue weighted by atomic mass is 16.3. The van der Waals surface area contributed by atoms with Crippen LogP contribution in [0.1, 0.15) is 12.8 Å². The highest BCUT2D eigenvalue weighted by Gasteiger charge is 2.42. The Balaban J connectivity index is 2.07. The molecule has 0 aromatic carbocycles. The number of hydrogen-bond acceptors (Lipinski definition) is 5. The van der Waals surface area contributed by atoms with E-state index < -0.39 is 12.1 Å². The molecule has 2 amide bonds. The third-order valence-electron chi connectivity index (χ3n) is 3.35. The van der Waals surface area contributed by atoms with Crippen LogP contribution in [0.25, 0.3) is 0 Å². The van der Waals surface area contributed by atoms with Crippen LogP contribution in [0.2, 0.25) is 0 Å². The summed E-state index contributed by atoms with van der Waals surface area (Å²) in [6.45, 7) is 1.26. The molecular weight excluding hydrogens is 222 g/mol. The lowest BCUT2D eigenvalue weighted by atomic mass is 10.1. The second kappa shape index (κ2) is 4.72. The Kier molecular flexibility index (Phi) is 3.46. The summed E-state index contributed by atoms with van der Waals surface area (Å²) >= 11 is 0. The van der Waals surface area contributed by atoms with Crippen LogP contribution in [0, 0.1) is 0 Å². The number of nitrogens with zero attached hydrogens (tertiary/aromatic N) is 2. The molecule has 0 saturated carbocycles. The fourth-order valence-corrected chi connectivity index (χ4v) is 2.71. The number of carbonyl (C=O) groups is 2. The Labute approximate surface area is 101 Å². The van der Waals surface area contributed by atoms with Gasteiger partial charge in [0.25, 0.3) is 0 Å². The minimum Gasteiger partial charge on any atom is -0.392 e. The van der Waals surface area contributed by atoms with Crippen molar-refractivity contribution in [3.05, 3.63) is 0 Å². The molecule has 0 aliphatic carbocycles. The zero-order valence-electron chi connectivity index (χ0n) is 10.2. The molecule has 2 saturated heterocycles. The lowest BCUT2D eigenvalue weighted by Gasteiger charge is -2.29. The number of carbonyl (C=O) groups excluding carboxylic acids is 2. The molecule has 0 aromatic heterocycles. The van der Waals surface area contributed by atoms with Crippen LogP contribution in [0.3, 0.4) is 0 Å². The number of amides is 2. The monoisotopic (exact) mass is 241 g/mol. The lowest BCUT2D eigenvalue weighted by molar-refractivity contribution is -0.126. The number of β-amino-alcohol motifs (C(OH)–C–C–N with tert-alkyl or cyclic N) is 1. The minimum absolute atomic E-state index is 0.140. The number of aliphatic hydroxyl groups excluding tert-OH is 1. The van der Waals surface area contributed by atoms with Crippen molar-refractivity contribution in [2.45, 2.75) is 31.0 Å². The topological polar surface area (TPSA) is 72.9 Å². The predicted octanol–water partition coefficient (Wildman–Crippen LogP) is -1.60. The Bertz CT molecular complexity index is 332. The zero-order valence-corrected chi connectivity index (χ0v) is 10.2. The van der Waals surface area contributed by atoms with Gasteiger partial charge in [-0.3, -0.25) is 19.8 Å². The summed E-state index contributed by atoms with van der Waals surface area (Å²) < 4.78 is 0. The number of hydrogen-bond donors (Lipinski definition) is 2. The molecule has 6 nitrogen and oxygen atoms in total. The average molecular weight is 241 g/mol. The van der Waals surface area contributed by atoms with Crippen LogP contribution in [-0.4, -0.2) is 72.1 Å². The van der Waals surface area contributed by atoms with E-state index in [1.807, 2.05) is 23.9 Å². The zero-order chi connectivity index (χ0) is 12.6. The summed E-state index contributed by atoms with van der Waals surface area (Å²) in [7, 11) is 3.92. The summed E-state index contributed by atoms with van der Waals surface area (Å²) in [6, 6.07) is -0.258. The van der Waals surface area contributed by atoms with Crippen molar-refractivity contribution in [1.82, 2.24) is 15.1 Å². The van der Waals surface area contributed by atoms with Gasteiger partial charge in [0.2, 0.25) is 11.8 Å². The molecule has 3 unspecified atom stereocenters. The van der Waals surface area contributed by atoms with Crippen molar-refractivity contribution in [3.63, 3.8) is 0 Å². The van der Waals surface area contributed by atoms with Crippen LogP contribution in [0.15, 0.2) is 0 Å². The Morgan fingerprint density at radius 3 is 2.71 bits per heavy atom. The van der Waals surface area contributed by atoms with E-state index in [1.54, 1.807) is 0 Å². The molecule has 2 aliphatic rings. The molecule has 0 spiro atoms. The number of aliphatic hydroxyl groups is 1. The first-order valence-electron chi connectivity index (χ1n) is 5.89. The van der Waals surface area contributed by atoms with Crippen LogP contribution in [0.4, 0.5) is 0 Å². The van der Waals surface area contributed by atoms with E-state index in [0.29, 0.717) is 13.0 Å². The van der Waals surface area contributed by atoms with Crippen molar-refractivity contribution < 1.29 is 14.7 Å². The Morgan fingerprint density at radius 1 is 1.47 bits per heavy atom. The molecule has 6 heteroatoms. The van der Waals surface area contributed by atoms with E-state index in [4.69, 9.17) is 0 Å². The van der Waals surface area contributed by atoms with Gasteiger partial charge in [0.15, 0.2) is 0 Å². The first-order valence-corrected chi connectivity index (χ1v) is 5.89. The van der Waals surface area contributed by atoms with Gasteiger partial charge in [-0.25, -0.2) is 0 Å². The van der Waals surface area contributed by atoms with Crippen LogP contribution >= 0.6 is 0 Å². The summed E-state index contributed by atoms with van der Waals surface area (Å²) in [6.07, 6.45) is 0.481. The molecule has 0 bridgehead atoms. The van der Waals surface area contributed by atoms with Gasteiger partial charge in [-0.1, -0.05) is 0 Å². The molecule has 2 fully saturated rings. The van der Waals surface area contributed by atoms with Gasteiger partial charge < -0.3 is 10.0 Å².